The average molecular weight is 268 g/mol. The van der Waals surface area contributed by atoms with Gasteiger partial charge in [0.15, 0.2) is 0 Å². The highest BCUT2D eigenvalue weighted by Gasteiger charge is 2.37. The molecule has 0 aromatic heterocycles. The molecule has 19 heavy (non-hydrogen) atoms. The van der Waals surface area contributed by atoms with Crippen LogP contribution in [0.4, 0.5) is 0 Å². The van der Waals surface area contributed by atoms with Crippen molar-refractivity contribution in [3.05, 3.63) is 0 Å². The fraction of sp³-hybridized carbons (Fsp3) is 1.00. The summed E-state index contributed by atoms with van der Waals surface area (Å²) in [6.07, 6.45) is 9.73. The molecule has 4 unspecified atom stereocenters. The molecule has 0 amide bonds. The van der Waals surface area contributed by atoms with Gasteiger partial charge in [0, 0.05) is 18.1 Å². The third kappa shape index (κ3) is 3.71. The van der Waals surface area contributed by atoms with Crippen molar-refractivity contribution in [3.8, 4) is 0 Å². The molecule has 2 N–H and O–H groups in total. The van der Waals surface area contributed by atoms with E-state index in [-0.39, 0.29) is 6.10 Å². The summed E-state index contributed by atoms with van der Waals surface area (Å²) in [6, 6.07) is 0.322. The molecule has 2 fully saturated rings. The van der Waals surface area contributed by atoms with Crippen LogP contribution < -0.4 is 5.32 Å². The van der Waals surface area contributed by atoms with Gasteiger partial charge in [0.05, 0.1) is 6.10 Å². The molecule has 0 spiro atoms. The van der Waals surface area contributed by atoms with Gasteiger partial charge in [0.2, 0.25) is 0 Å². The Morgan fingerprint density at radius 2 is 1.89 bits per heavy atom. The normalized spacial score (nSPS) is 40.6. The first-order valence-corrected chi connectivity index (χ1v) is 8.12. The number of nitrogens with one attached hydrogen (secondary N) is 1. The summed E-state index contributed by atoms with van der Waals surface area (Å²) < 4.78 is 0. The third-order valence-electron chi connectivity index (χ3n) is 5.44. The molecular weight excluding hydrogens is 236 g/mol. The molecule has 0 radical (unpaired) electrons. The molecule has 2 aliphatic rings. The van der Waals surface area contributed by atoms with E-state index in [1.807, 2.05) is 0 Å². The van der Waals surface area contributed by atoms with Crippen LogP contribution in [0.3, 0.4) is 0 Å². The molecule has 2 aliphatic carbocycles. The van der Waals surface area contributed by atoms with Gasteiger partial charge in [-0.05, 0) is 45.7 Å². The van der Waals surface area contributed by atoms with E-state index in [0.29, 0.717) is 11.6 Å². The number of aliphatic hydroxyl groups excluding tert-OH is 1. The Morgan fingerprint density at radius 3 is 2.53 bits per heavy atom. The fourth-order valence-electron chi connectivity index (χ4n) is 4.03. The first-order valence-electron chi connectivity index (χ1n) is 8.12. The van der Waals surface area contributed by atoms with Crippen LogP contribution in [0.25, 0.3) is 0 Å². The molecule has 0 aromatic rings. The Balaban J connectivity index is 1.93. The maximum Gasteiger partial charge on any atom is 0.0693 e. The third-order valence-corrected chi connectivity index (χ3v) is 5.44. The van der Waals surface area contributed by atoms with E-state index in [1.54, 1.807) is 0 Å². The lowest BCUT2D eigenvalue weighted by molar-refractivity contribution is 0.0487. The first-order chi connectivity index (χ1) is 9.03. The molecule has 4 atom stereocenters. The second-order valence-electron chi connectivity index (χ2n) is 7.16. The first kappa shape index (κ1) is 15.3. The van der Waals surface area contributed by atoms with Gasteiger partial charge in [0.1, 0.15) is 0 Å². The maximum absolute atomic E-state index is 10.1. The monoisotopic (exact) mass is 268 g/mol. The van der Waals surface area contributed by atoms with Crippen molar-refractivity contribution < 1.29 is 5.11 Å². The molecule has 2 rings (SSSR count). The highest BCUT2D eigenvalue weighted by Crippen LogP contribution is 2.35. The molecule has 2 saturated carbocycles. The van der Waals surface area contributed by atoms with Crippen LogP contribution >= 0.6 is 0 Å². The number of nitrogens with zero attached hydrogens (tertiary/aromatic N) is 1. The number of hydrogen-bond acceptors (Lipinski definition) is 3. The molecule has 112 valence electrons. The molecule has 0 aliphatic heterocycles. The zero-order valence-electron chi connectivity index (χ0n) is 13.0. The molecular formula is C16H32N2O. The van der Waals surface area contributed by atoms with Crippen molar-refractivity contribution in [3.63, 3.8) is 0 Å². The maximum atomic E-state index is 10.1. The second kappa shape index (κ2) is 6.55. The Bertz CT molecular complexity index is 282. The van der Waals surface area contributed by atoms with Crippen molar-refractivity contribution in [1.82, 2.24) is 10.2 Å². The topological polar surface area (TPSA) is 35.5 Å². The summed E-state index contributed by atoms with van der Waals surface area (Å²) in [5.41, 5.74) is 0.300. The number of aliphatic hydroxyl groups is 1. The van der Waals surface area contributed by atoms with Gasteiger partial charge >= 0.3 is 0 Å². The van der Waals surface area contributed by atoms with Gasteiger partial charge in [-0.3, -0.25) is 0 Å². The Labute approximate surface area is 118 Å². The predicted molar refractivity (Wildman–Crippen MR) is 80.3 cm³/mol. The van der Waals surface area contributed by atoms with Gasteiger partial charge in [-0.15, -0.1) is 0 Å². The standard InChI is InChI=1S/C16H32N2O/c1-13-7-6-10-16(11-13,18(2)3)12-17-14-8-4-5-9-15(14)19/h13-15,17,19H,4-12H2,1-3H3. The van der Waals surface area contributed by atoms with E-state index in [4.69, 9.17) is 0 Å². The number of hydrogen-bond donors (Lipinski definition) is 2. The zero-order chi connectivity index (χ0) is 13.9. The highest BCUT2D eigenvalue weighted by atomic mass is 16.3. The summed E-state index contributed by atoms with van der Waals surface area (Å²) >= 11 is 0. The molecule has 0 heterocycles. The highest BCUT2D eigenvalue weighted by molar-refractivity contribution is 4.96. The van der Waals surface area contributed by atoms with Crippen LogP contribution in [0, 0.1) is 5.92 Å². The Kier molecular flexibility index (Phi) is 5.27. The van der Waals surface area contributed by atoms with E-state index in [0.717, 1.165) is 25.3 Å². The van der Waals surface area contributed by atoms with Crippen LogP contribution in [0.1, 0.15) is 58.3 Å². The second-order valence-corrected chi connectivity index (χ2v) is 7.16. The van der Waals surface area contributed by atoms with E-state index in [2.05, 4.69) is 31.2 Å². The molecule has 0 aromatic carbocycles. The molecule has 3 heteroatoms. The SMILES string of the molecule is CC1CCCC(CNC2CCCCC2O)(N(C)C)C1. The lowest BCUT2D eigenvalue weighted by Crippen LogP contribution is -2.57. The molecule has 0 bridgehead atoms. The Hall–Kier alpha value is -0.120. The predicted octanol–water partition coefficient (Wildman–Crippen LogP) is 2.39. The fourth-order valence-corrected chi connectivity index (χ4v) is 4.03. The van der Waals surface area contributed by atoms with E-state index in [9.17, 15) is 5.11 Å². The van der Waals surface area contributed by atoms with Crippen LogP contribution in [0.2, 0.25) is 0 Å². The summed E-state index contributed by atoms with van der Waals surface area (Å²) in [4.78, 5) is 2.42. The van der Waals surface area contributed by atoms with Gasteiger partial charge in [-0.1, -0.05) is 32.6 Å². The van der Waals surface area contributed by atoms with Crippen LogP contribution in [0.15, 0.2) is 0 Å². The van der Waals surface area contributed by atoms with E-state index in [1.165, 1.54) is 38.5 Å². The lowest BCUT2D eigenvalue weighted by atomic mass is 9.75. The average Bonchev–Trinajstić information content (AvgIpc) is 2.38. The minimum Gasteiger partial charge on any atom is -0.392 e. The largest absolute Gasteiger partial charge is 0.392 e. The zero-order valence-corrected chi connectivity index (χ0v) is 13.0. The Morgan fingerprint density at radius 1 is 1.16 bits per heavy atom. The lowest BCUT2D eigenvalue weighted by Gasteiger charge is -2.46. The van der Waals surface area contributed by atoms with Crippen molar-refractivity contribution in [2.75, 3.05) is 20.6 Å². The van der Waals surface area contributed by atoms with Crippen LogP contribution in [-0.2, 0) is 0 Å². The minimum atomic E-state index is -0.131. The summed E-state index contributed by atoms with van der Waals surface area (Å²) in [7, 11) is 4.44. The van der Waals surface area contributed by atoms with E-state index >= 15 is 0 Å². The summed E-state index contributed by atoms with van der Waals surface area (Å²) in [5.74, 6) is 0.828. The van der Waals surface area contributed by atoms with Crippen molar-refractivity contribution in [2.45, 2.75) is 76.0 Å². The van der Waals surface area contributed by atoms with Crippen molar-refractivity contribution in [1.29, 1.82) is 0 Å². The van der Waals surface area contributed by atoms with Crippen molar-refractivity contribution in [2.24, 2.45) is 5.92 Å². The van der Waals surface area contributed by atoms with Gasteiger partial charge in [-0.25, -0.2) is 0 Å². The molecule has 3 nitrogen and oxygen atoms in total. The summed E-state index contributed by atoms with van der Waals surface area (Å²) in [6.45, 7) is 3.42. The van der Waals surface area contributed by atoms with Crippen LogP contribution in [-0.4, -0.2) is 48.3 Å². The van der Waals surface area contributed by atoms with E-state index < -0.39 is 0 Å². The van der Waals surface area contributed by atoms with Crippen LogP contribution in [0.5, 0.6) is 0 Å². The smallest absolute Gasteiger partial charge is 0.0693 e. The summed E-state index contributed by atoms with van der Waals surface area (Å²) in [5, 5.41) is 13.8. The molecule has 0 saturated heterocycles. The number of likely N-dealkylation sites (N-methyl/N-ethyl adjacent to an activating group) is 1. The minimum absolute atomic E-state index is 0.131. The van der Waals surface area contributed by atoms with Gasteiger partial charge < -0.3 is 15.3 Å². The van der Waals surface area contributed by atoms with Crippen molar-refractivity contribution >= 4 is 0 Å². The van der Waals surface area contributed by atoms with Gasteiger partial charge in [0.25, 0.3) is 0 Å². The quantitative estimate of drug-likeness (QED) is 0.822. The van der Waals surface area contributed by atoms with Gasteiger partial charge in [-0.2, -0.15) is 0 Å². The number of rotatable bonds is 4.